The first-order chi connectivity index (χ1) is 9.70. The second-order valence-corrected chi connectivity index (χ2v) is 4.78. The molecule has 0 spiro atoms. The molecule has 4 heteroatoms. The van der Waals surface area contributed by atoms with Crippen molar-refractivity contribution >= 4 is 11.6 Å². The lowest BCUT2D eigenvalue weighted by molar-refractivity contribution is 0.290. The number of rotatable bonds is 6. The molecule has 3 nitrogen and oxygen atoms in total. The highest BCUT2D eigenvalue weighted by Crippen LogP contribution is 2.15. The molecule has 2 rings (SSSR count). The summed E-state index contributed by atoms with van der Waals surface area (Å²) in [6.45, 7) is 4.28. The molecule has 0 aliphatic rings. The van der Waals surface area contributed by atoms with Crippen LogP contribution < -0.4 is 10.3 Å². The van der Waals surface area contributed by atoms with Crippen LogP contribution in [0.4, 0.5) is 0 Å². The molecule has 1 atom stereocenters. The fraction of sp³-hybridized carbons (Fsp3) is 0.188. The number of halogens is 1. The van der Waals surface area contributed by atoms with Gasteiger partial charge in [-0.05, 0) is 18.2 Å². The predicted octanol–water partition coefficient (Wildman–Crippen LogP) is 3.70. The van der Waals surface area contributed by atoms with Crippen LogP contribution in [-0.2, 0) is 0 Å². The molecule has 0 saturated carbocycles. The lowest BCUT2D eigenvalue weighted by atomic mass is 10.2. The van der Waals surface area contributed by atoms with Crippen molar-refractivity contribution in [3.63, 3.8) is 0 Å². The van der Waals surface area contributed by atoms with Gasteiger partial charge in [0, 0.05) is 18.7 Å². The predicted molar refractivity (Wildman–Crippen MR) is 81.5 cm³/mol. The first-order valence-corrected chi connectivity index (χ1v) is 6.76. The lowest BCUT2D eigenvalue weighted by Gasteiger charge is -2.16. The summed E-state index contributed by atoms with van der Waals surface area (Å²) in [4.78, 5) is 11.8. The number of para-hydroxylation sites is 1. The molecule has 0 fully saturated rings. The summed E-state index contributed by atoms with van der Waals surface area (Å²) < 4.78 is 7.21. The molecule has 1 aromatic carbocycles. The van der Waals surface area contributed by atoms with Crippen LogP contribution in [0.2, 0.25) is 5.02 Å². The topological polar surface area (TPSA) is 31.2 Å². The van der Waals surface area contributed by atoms with Gasteiger partial charge in [-0.3, -0.25) is 4.79 Å². The van der Waals surface area contributed by atoms with Gasteiger partial charge >= 0.3 is 0 Å². The van der Waals surface area contributed by atoms with Crippen molar-refractivity contribution in [2.24, 2.45) is 0 Å². The van der Waals surface area contributed by atoms with Crippen molar-refractivity contribution in [3.05, 3.63) is 76.7 Å². The Morgan fingerprint density at radius 2 is 2.00 bits per heavy atom. The minimum absolute atomic E-state index is 0.0981. The van der Waals surface area contributed by atoms with Gasteiger partial charge < -0.3 is 9.30 Å². The van der Waals surface area contributed by atoms with E-state index in [1.165, 1.54) is 6.07 Å². The van der Waals surface area contributed by atoms with Gasteiger partial charge in [-0.25, -0.2) is 0 Å². The molecule has 20 heavy (non-hydrogen) atoms. The quantitative estimate of drug-likeness (QED) is 0.759. The van der Waals surface area contributed by atoms with Crippen molar-refractivity contribution in [3.8, 4) is 5.75 Å². The average molecular weight is 290 g/mol. The number of aromatic nitrogens is 1. The number of allylic oxidation sites excluding steroid dienone is 1. The maximum atomic E-state index is 11.8. The van der Waals surface area contributed by atoms with Crippen LogP contribution in [0, 0.1) is 0 Å². The van der Waals surface area contributed by atoms with Crippen LogP contribution in [0.3, 0.4) is 0 Å². The van der Waals surface area contributed by atoms with Gasteiger partial charge in [-0.1, -0.05) is 35.9 Å². The van der Waals surface area contributed by atoms with E-state index in [4.69, 9.17) is 16.3 Å². The Labute approximate surface area is 123 Å². The van der Waals surface area contributed by atoms with Gasteiger partial charge in [0.1, 0.15) is 5.75 Å². The Morgan fingerprint density at radius 3 is 2.70 bits per heavy atom. The maximum absolute atomic E-state index is 11.8. The van der Waals surface area contributed by atoms with E-state index in [1.807, 2.05) is 30.3 Å². The molecule has 104 valence electrons. The molecule has 0 aliphatic heterocycles. The Balaban J connectivity index is 2.01. The number of hydrogen-bond donors (Lipinski definition) is 0. The summed E-state index contributed by atoms with van der Waals surface area (Å²) in [5.74, 6) is 0.814. The molecule has 1 aromatic heterocycles. The molecule has 1 unspecified atom stereocenters. The highest BCUT2D eigenvalue weighted by Gasteiger charge is 2.09. The van der Waals surface area contributed by atoms with E-state index in [2.05, 4.69) is 6.58 Å². The first-order valence-electron chi connectivity index (χ1n) is 6.39. The van der Waals surface area contributed by atoms with E-state index in [0.717, 1.165) is 5.75 Å². The second-order valence-electron chi connectivity index (χ2n) is 4.35. The Bertz CT molecular complexity index is 622. The van der Waals surface area contributed by atoms with Crippen molar-refractivity contribution < 1.29 is 4.74 Å². The third kappa shape index (κ3) is 3.75. The molecule has 0 N–H and O–H groups in total. The van der Waals surface area contributed by atoms with Crippen molar-refractivity contribution in [2.45, 2.75) is 12.5 Å². The normalized spacial score (nSPS) is 11.8. The third-order valence-electron chi connectivity index (χ3n) is 2.96. The van der Waals surface area contributed by atoms with Crippen LogP contribution in [0.1, 0.15) is 12.5 Å². The Kier molecular flexibility index (Phi) is 5.02. The van der Waals surface area contributed by atoms with Gasteiger partial charge in [-0.2, -0.15) is 0 Å². The second kappa shape index (κ2) is 6.96. The fourth-order valence-corrected chi connectivity index (χ4v) is 2.09. The number of nitrogens with zero attached hydrogens (tertiary/aromatic N) is 1. The zero-order valence-electron chi connectivity index (χ0n) is 11.0. The molecule has 0 amide bonds. The summed E-state index contributed by atoms with van der Waals surface area (Å²) in [6.07, 6.45) is 4.00. The van der Waals surface area contributed by atoms with E-state index in [9.17, 15) is 4.79 Å². The number of hydrogen-bond acceptors (Lipinski definition) is 2. The third-order valence-corrected chi connectivity index (χ3v) is 3.18. The van der Waals surface area contributed by atoms with Crippen molar-refractivity contribution in [2.75, 3.05) is 6.61 Å². The molecule has 0 bridgehead atoms. The van der Waals surface area contributed by atoms with Gasteiger partial charge in [0.25, 0.3) is 5.56 Å². The molecule has 1 heterocycles. The zero-order chi connectivity index (χ0) is 14.4. The highest BCUT2D eigenvalue weighted by molar-refractivity contribution is 6.30. The number of benzene rings is 1. The average Bonchev–Trinajstić information content (AvgIpc) is 2.48. The molecule has 2 aromatic rings. The standard InChI is InChI=1S/C16H16ClNO2/c1-2-14(18-12-13(17)8-9-16(18)19)10-11-20-15-6-4-3-5-7-15/h2-9,12,14H,1,10-11H2. The fourth-order valence-electron chi connectivity index (χ4n) is 1.92. The van der Waals surface area contributed by atoms with Crippen molar-refractivity contribution in [1.82, 2.24) is 4.57 Å². The Hall–Kier alpha value is -2.00. The van der Waals surface area contributed by atoms with E-state index in [1.54, 1.807) is 22.9 Å². The SMILES string of the molecule is C=CC(CCOc1ccccc1)n1cc(Cl)ccc1=O. The van der Waals surface area contributed by atoms with E-state index < -0.39 is 0 Å². The molecule has 0 saturated heterocycles. The first kappa shape index (κ1) is 14.4. The van der Waals surface area contributed by atoms with Gasteiger partial charge in [0.05, 0.1) is 17.7 Å². The van der Waals surface area contributed by atoms with Crippen LogP contribution >= 0.6 is 11.6 Å². The van der Waals surface area contributed by atoms with Gasteiger partial charge in [-0.15, -0.1) is 6.58 Å². The minimum Gasteiger partial charge on any atom is -0.494 e. The molecular formula is C16H16ClNO2. The summed E-state index contributed by atoms with van der Waals surface area (Å²) in [5.41, 5.74) is -0.0981. The zero-order valence-corrected chi connectivity index (χ0v) is 11.8. The number of ether oxygens (including phenoxy) is 1. The largest absolute Gasteiger partial charge is 0.494 e. The summed E-state index contributed by atoms with van der Waals surface area (Å²) in [7, 11) is 0. The van der Waals surface area contributed by atoms with Crippen LogP contribution in [0.5, 0.6) is 5.75 Å². The molecule has 0 radical (unpaired) electrons. The smallest absolute Gasteiger partial charge is 0.251 e. The highest BCUT2D eigenvalue weighted by atomic mass is 35.5. The maximum Gasteiger partial charge on any atom is 0.251 e. The summed E-state index contributed by atoms with van der Waals surface area (Å²) >= 11 is 5.92. The van der Waals surface area contributed by atoms with Crippen LogP contribution in [0.15, 0.2) is 66.1 Å². The van der Waals surface area contributed by atoms with E-state index in [0.29, 0.717) is 18.1 Å². The van der Waals surface area contributed by atoms with Gasteiger partial charge in [0.15, 0.2) is 0 Å². The van der Waals surface area contributed by atoms with E-state index >= 15 is 0 Å². The molecular weight excluding hydrogens is 274 g/mol. The Morgan fingerprint density at radius 1 is 1.25 bits per heavy atom. The molecule has 0 aliphatic carbocycles. The van der Waals surface area contributed by atoms with Crippen molar-refractivity contribution in [1.29, 1.82) is 0 Å². The number of pyridine rings is 1. The summed E-state index contributed by atoms with van der Waals surface area (Å²) in [6, 6.07) is 12.5. The lowest BCUT2D eigenvalue weighted by Crippen LogP contribution is -2.23. The monoisotopic (exact) mass is 289 g/mol. The van der Waals surface area contributed by atoms with Gasteiger partial charge in [0.2, 0.25) is 0 Å². The van der Waals surface area contributed by atoms with Crippen LogP contribution in [0.25, 0.3) is 0 Å². The summed E-state index contributed by atoms with van der Waals surface area (Å²) in [5, 5.41) is 0.528. The van der Waals surface area contributed by atoms with Crippen LogP contribution in [-0.4, -0.2) is 11.2 Å². The van der Waals surface area contributed by atoms with E-state index in [-0.39, 0.29) is 11.6 Å². The minimum atomic E-state index is -0.134.